The number of carbonyl (C=O) groups excluding carboxylic acids is 1. The highest BCUT2D eigenvalue weighted by Gasteiger charge is 2.40. The van der Waals surface area contributed by atoms with Gasteiger partial charge in [-0.05, 0) is 62.9 Å². The van der Waals surface area contributed by atoms with Crippen molar-refractivity contribution < 1.29 is 23.4 Å². The molecule has 0 unspecified atom stereocenters. The molecular formula is C23H31F2N5O3S. The molecule has 1 aromatic heterocycles. The Morgan fingerprint density at radius 2 is 1.94 bits per heavy atom. The Bertz CT molecular complexity index is 1230. The van der Waals surface area contributed by atoms with E-state index in [4.69, 9.17) is 5.73 Å². The molecule has 2 aliphatic rings. The zero-order valence-electron chi connectivity index (χ0n) is 19.4. The maximum absolute atomic E-state index is 13.9. The Morgan fingerprint density at radius 3 is 2.53 bits per heavy atom. The van der Waals surface area contributed by atoms with E-state index in [0.717, 1.165) is 22.9 Å². The van der Waals surface area contributed by atoms with E-state index in [1.54, 1.807) is 0 Å². The second-order valence-electron chi connectivity index (χ2n) is 9.77. The van der Waals surface area contributed by atoms with E-state index in [9.17, 15) is 22.0 Å². The number of nitrogens with two attached hydrogens (primary N) is 1. The van der Waals surface area contributed by atoms with Gasteiger partial charge in [-0.25, -0.2) is 18.5 Å². The highest BCUT2D eigenvalue weighted by atomic mass is 32.2. The van der Waals surface area contributed by atoms with E-state index in [2.05, 4.69) is 16.6 Å². The van der Waals surface area contributed by atoms with E-state index < -0.39 is 27.8 Å². The second-order valence-corrected chi connectivity index (χ2v) is 11.4. The molecule has 4 rings (SSSR count). The molecule has 0 aliphatic carbocycles. The number of amides is 1. The monoisotopic (exact) mass is 495 g/mol. The number of hydrogen-bond donors (Lipinski definition) is 2. The van der Waals surface area contributed by atoms with Crippen LogP contribution in [0.5, 0.6) is 0 Å². The molecule has 0 saturated carbocycles. The van der Waals surface area contributed by atoms with E-state index >= 15 is 0 Å². The van der Waals surface area contributed by atoms with Crippen LogP contribution in [0.1, 0.15) is 45.4 Å². The van der Waals surface area contributed by atoms with Crippen molar-refractivity contribution in [3.05, 3.63) is 47.5 Å². The molecule has 186 valence electrons. The van der Waals surface area contributed by atoms with Crippen LogP contribution in [0.15, 0.2) is 30.3 Å². The van der Waals surface area contributed by atoms with Crippen molar-refractivity contribution in [3.8, 4) is 11.3 Å². The molecule has 2 aromatic rings. The van der Waals surface area contributed by atoms with Crippen LogP contribution in [0, 0.1) is 17.6 Å². The standard InChI is InChI=1S/C23H29F2N5O3S.H2/c1-14-11-23(2,3)30(12-14)21-17(22(31)28-34(32,33)29-9-8-16(26)13-29)5-7-20(27-21)15-4-6-18(24)19(25)10-15;/h4-7,10,14,16H,8-9,11-13,26H2,1-3H3,(H,28,31);1H/t14-,16+;/m0./s1. The first-order chi connectivity index (χ1) is 15.9. The number of aromatic nitrogens is 1. The zero-order valence-corrected chi connectivity index (χ0v) is 20.2. The second kappa shape index (κ2) is 8.86. The Hall–Kier alpha value is -2.63. The molecule has 2 fully saturated rings. The number of pyridine rings is 1. The van der Waals surface area contributed by atoms with Crippen LogP contribution < -0.4 is 15.4 Å². The van der Waals surface area contributed by atoms with E-state index in [-0.39, 0.29) is 31.7 Å². The molecule has 3 heterocycles. The summed E-state index contributed by atoms with van der Waals surface area (Å²) < 4.78 is 56.1. The van der Waals surface area contributed by atoms with Gasteiger partial charge >= 0.3 is 10.2 Å². The van der Waals surface area contributed by atoms with Crippen LogP contribution in [0.3, 0.4) is 0 Å². The summed E-state index contributed by atoms with van der Waals surface area (Å²) in [5.74, 6) is -2.18. The summed E-state index contributed by atoms with van der Waals surface area (Å²) in [7, 11) is -4.08. The topological polar surface area (TPSA) is 109 Å². The predicted octanol–water partition coefficient (Wildman–Crippen LogP) is 2.91. The number of halogens is 2. The summed E-state index contributed by atoms with van der Waals surface area (Å²) in [6.45, 7) is 7.11. The summed E-state index contributed by atoms with van der Waals surface area (Å²) in [4.78, 5) is 19.8. The fourth-order valence-electron chi connectivity index (χ4n) is 4.82. The maximum Gasteiger partial charge on any atom is 0.304 e. The normalized spacial score (nSPS) is 22.8. The number of nitrogens with one attached hydrogen (secondary N) is 1. The highest BCUT2D eigenvalue weighted by molar-refractivity contribution is 7.87. The third kappa shape index (κ3) is 4.77. The van der Waals surface area contributed by atoms with E-state index in [0.29, 0.717) is 36.0 Å². The first-order valence-corrected chi connectivity index (χ1v) is 12.6. The molecule has 2 aliphatic heterocycles. The van der Waals surface area contributed by atoms with Crippen molar-refractivity contribution in [3.63, 3.8) is 0 Å². The van der Waals surface area contributed by atoms with Crippen molar-refractivity contribution in [2.45, 2.75) is 45.2 Å². The average Bonchev–Trinajstić information content (AvgIpc) is 3.31. The third-order valence-corrected chi connectivity index (χ3v) is 7.87. The SMILES string of the molecule is C[C@@H]1CN(c2nc(-c3ccc(F)c(F)c3)ccc2C(=O)NS(=O)(=O)N2CC[C@@H](N)C2)C(C)(C)C1.[HH]. The van der Waals surface area contributed by atoms with Crippen molar-refractivity contribution in [1.82, 2.24) is 14.0 Å². The largest absolute Gasteiger partial charge is 0.351 e. The molecule has 0 bridgehead atoms. The first-order valence-electron chi connectivity index (χ1n) is 11.2. The molecule has 0 radical (unpaired) electrons. The minimum absolute atomic E-state index is 0. The lowest BCUT2D eigenvalue weighted by atomic mass is 9.97. The molecule has 2 atom stereocenters. The van der Waals surface area contributed by atoms with Crippen LogP contribution in [0.4, 0.5) is 14.6 Å². The van der Waals surface area contributed by atoms with Crippen molar-refractivity contribution in [2.75, 3.05) is 24.5 Å². The molecule has 2 saturated heterocycles. The van der Waals surface area contributed by atoms with Gasteiger partial charge in [-0.15, -0.1) is 0 Å². The molecule has 0 spiro atoms. The average molecular weight is 496 g/mol. The molecule has 11 heteroatoms. The fraction of sp³-hybridized carbons (Fsp3) is 0.478. The third-order valence-electron chi connectivity index (χ3n) is 6.41. The zero-order chi connectivity index (χ0) is 24.8. The quantitative estimate of drug-likeness (QED) is 0.660. The Kier molecular flexibility index (Phi) is 6.38. The molecule has 1 aromatic carbocycles. The lowest BCUT2D eigenvalue weighted by molar-refractivity contribution is 0.0979. The number of carbonyl (C=O) groups is 1. The van der Waals surface area contributed by atoms with Gasteiger partial charge in [0.25, 0.3) is 5.91 Å². The summed E-state index contributed by atoms with van der Waals surface area (Å²) in [6, 6.07) is 6.16. The maximum atomic E-state index is 13.9. The van der Waals surface area contributed by atoms with Gasteiger partial charge in [0.1, 0.15) is 5.82 Å². The molecular weight excluding hydrogens is 464 g/mol. The van der Waals surface area contributed by atoms with Crippen molar-refractivity contribution >= 4 is 21.9 Å². The van der Waals surface area contributed by atoms with Gasteiger partial charge < -0.3 is 10.6 Å². The van der Waals surface area contributed by atoms with E-state index in [1.165, 1.54) is 18.2 Å². The minimum Gasteiger partial charge on any atom is -0.351 e. The van der Waals surface area contributed by atoms with Crippen LogP contribution in [0.2, 0.25) is 0 Å². The van der Waals surface area contributed by atoms with E-state index in [1.807, 2.05) is 18.7 Å². The van der Waals surface area contributed by atoms with Gasteiger partial charge in [-0.2, -0.15) is 12.7 Å². The van der Waals surface area contributed by atoms with Crippen LogP contribution >= 0.6 is 0 Å². The predicted molar refractivity (Wildman–Crippen MR) is 127 cm³/mol. The highest BCUT2D eigenvalue weighted by Crippen LogP contribution is 2.38. The van der Waals surface area contributed by atoms with Crippen molar-refractivity contribution in [1.29, 1.82) is 0 Å². The smallest absolute Gasteiger partial charge is 0.304 e. The van der Waals surface area contributed by atoms with Gasteiger partial charge in [0.15, 0.2) is 11.6 Å². The first kappa shape index (κ1) is 24.5. The number of anilines is 1. The summed E-state index contributed by atoms with van der Waals surface area (Å²) >= 11 is 0. The Morgan fingerprint density at radius 1 is 1.21 bits per heavy atom. The van der Waals surface area contributed by atoms with Crippen LogP contribution in [-0.4, -0.2) is 54.8 Å². The van der Waals surface area contributed by atoms with Gasteiger partial charge in [-0.1, -0.05) is 6.92 Å². The Labute approximate surface area is 199 Å². The van der Waals surface area contributed by atoms with Crippen molar-refractivity contribution in [2.24, 2.45) is 11.7 Å². The Balaban J connectivity index is 0.00000342. The number of hydrogen-bond acceptors (Lipinski definition) is 6. The number of benzene rings is 1. The lowest BCUT2D eigenvalue weighted by Gasteiger charge is -2.34. The summed E-state index contributed by atoms with van der Waals surface area (Å²) in [5, 5.41) is 0. The molecule has 8 nitrogen and oxygen atoms in total. The van der Waals surface area contributed by atoms with Gasteiger partial charge in [-0.3, -0.25) is 4.79 Å². The van der Waals surface area contributed by atoms with Gasteiger partial charge in [0, 0.05) is 38.2 Å². The fourth-order valence-corrected chi connectivity index (χ4v) is 6.02. The van der Waals surface area contributed by atoms with Gasteiger partial charge in [0.05, 0.1) is 11.3 Å². The number of nitrogens with zero attached hydrogens (tertiary/aromatic N) is 3. The molecule has 3 N–H and O–H groups in total. The lowest BCUT2D eigenvalue weighted by Crippen LogP contribution is -2.44. The van der Waals surface area contributed by atoms with Crippen LogP contribution in [0.25, 0.3) is 11.3 Å². The molecule has 34 heavy (non-hydrogen) atoms. The summed E-state index contributed by atoms with van der Waals surface area (Å²) in [5.41, 5.74) is 6.24. The van der Waals surface area contributed by atoms with Crippen LogP contribution in [-0.2, 0) is 10.2 Å². The summed E-state index contributed by atoms with van der Waals surface area (Å²) in [6.07, 6.45) is 1.36. The minimum atomic E-state index is -4.08. The molecule has 1 amide bonds. The van der Waals surface area contributed by atoms with Gasteiger partial charge in [0.2, 0.25) is 0 Å². The number of rotatable bonds is 5.